The highest BCUT2D eigenvalue weighted by atomic mass is 16.4. The fourth-order valence-corrected chi connectivity index (χ4v) is 2.22. The molecule has 0 saturated carbocycles. The van der Waals surface area contributed by atoms with Crippen LogP contribution in [0, 0.1) is 0 Å². The van der Waals surface area contributed by atoms with E-state index in [9.17, 15) is 4.79 Å². The van der Waals surface area contributed by atoms with E-state index in [1.54, 1.807) is 4.57 Å². The van der Waals surface area contributed by atoms with Crippen LogP contribution >= 0.6 is 0 Å². The Morgan fingerprint density at radius 1 is 1.33 bits per heavy atom. The molecular weight excluding hydrogens is 190 g/mol. The normalized spacial score (nSPS) is 15.5. The molecule has 1 aromatic heterocycles. The van der Waals surface area contributed by atoms with E-state index < -0.39 is 5.97 Å². The van der Waals surface area contributed by atoms with Crippen LogP contribution in [0.4, 0.5) is 0 Å². The van der Waals surface area contributed by atoms with Crippen LogP contribution in [0.25, 0.3) is 0 Å². The standard InChI is InChI=1S/C12H15NO2/c1-13-8-9-6-4-2-3-5-7-10(9)11(13)12(14)15/h2-3,8H,4-7H2,1H3,(H,14,15). The fourth-order valence-electron chi connectivity index (χ4n) is 2.22. The Balaban J connectivity index is 2.46. The Morgan fingerprint density at radius 3 is 2.67 bits per heavy atom. The Bertz CT molecular complexity index is 416. The Kier molecular flexibility index (Phi) is 2.62. The molecule has 0 spiro atoms. The van der Waals surface area contributed by atoms with Gasteiger partial charge < -0.3 is 9.67 Å². The van der Waals surface area contributed by atoms with Crippen molar-refractivity contribution in [1.29, 1.82) is 0 Å². The lowest BCUT2D eigenvalue weighted by Gasteiger charge is -2.06. The topological polar surface area (TPSA) is 42.2 Å². The van der Waals surface area contributed by atoms with Crippen LogP contribution in [0.1, 0.15) is 34.5 Å². The van der Waals surface area contributed by atoms with Crippen molar-refractivity contribution < 1.29 is 9.90 Å². The molecule has 0 atom stereocenters. The number of hydrogen-bond donors (Lipinski definition) is 1. The quantitative estimate of drug-likeness (QED) is 0.714. The number of carboxylic acids is 1. The van der Waals surface area contributed by atoms with E-state index in [1.165, 1.54) is 5.56 Å². The van der Waals surface area contributed by atoms with Gasteiger partial charge in [-0.15, -0.1) is 0 Å². The second kappa shape index (κ2) is 3.93. The first-order valence-electron chi connectivity index (χ1n) is 5.25. The van der Waals surface area contributed by atoms with E-state index in [-0.39, 0.29) is 0 Å². The molecule has 1 heterocycles. The largest absolute Gasteiger partial charge is 0.477 e. The van der Waals surface area contributed by atoms with Gasteiger partial charge in [0.15, 0.2) is 0 Å². The number of carbonyl (C=O) groups is 1. The zero-order chi connectivity index (χ0) is 10.8. The van der Waals surface area contributed by atoms with Gasteiger partial charge in [-0.25, -0.2) is 4.79 Å². The van der Waals surface area contributed by atoms with Crippen molar-refractivity contribution >= 4 is 5.97 Å². The predicted molar refractivity (Wildman–Crippen MR) is 58.2 cm³/mol. The minimum Gasteiger partial charge on any atom is -0.477 e. The molecule has 80 valence electrons. The lowest BCUT2D eigenvalue weighted by Crippen LogP contribution is -2.07. The summed E-state index contributed by atoms with van der Waals surface area (Å²) in [5.74, 6) is -0.816. The maximum atomic E-state index is 11.1. The Hall–Kier alpha value is -1.51. The number of carboxylic acid groups (broad SMARTS) is 1. The van der Waals surface area contributed by atoms with Crippen molar-refractivity contribution in [2.24, 2.45) is 7.05 Å². The second-order valence-corrected chi connectivity index (χ2v) is 3.95. The zero-order valence-electron chi connectivity index (χ0n) is 8.86. The first-order valence-corrected chi connectivity index (χ1v) is 5.25. The molecule has 1 N–H and O–H groups in total. The van der Waals surface area contributed by atoms with Gasteiger partial charge in [0.25, 0.3) is 0 Å². The summed E-state index contributed by atoms with van der Waals surface area (Å²) in [4.78, 5) is 11.1. The average Bonchev–Trinajstić information content (AvgIpc) is 2.42. The smallest absolute Gasteiger partial charge is 0.352 e. The van der Waals surface area contributed by atoms with Crippen molar-refractivity contribution in [3.63, 3.8) is 0 Å². The molecule has 0 bridgehead atoms. The number of aromatic carboxylic acids is 1. The zero-order valence-corrected chi connectivity index (χ0v) is 8.86. The summed E-state index contributed by atoms with van der Waals surface area (Å²) in [5.41, 5.74) is 2.67. The molecule has 3 heteroatoms. The SMILES string of the molecule is Cn1cc2c(c1C(=O)O)CCC=CCC2. The monoisotopic (exact) mass is 205 g/mol. The molecule has 1 aliphatic carbocycles. The third-order valence-electron chi connectivity index (χ3n) is 2.89. The van der Waals surface area contributed by atoms with Gasteiger partial charge in [-0.05, 0) is 36.8 Å². The summed E-state index contributed by atoms with van der Waals surface area (Å²) in [6, 6.07) is 0. The summed E-state index contributed by atoms with van der Waals surface area (Å²) >= 11 is 0. The number of nitrogens with zero attached hydrogens (tertiary/aromatic N) is 1. The minimum atomic E-state index is -0.816. The fraction of sp³-hybridized carbons (Fsp3) is 0.417. The molecule has 1 aromatic rings. The minimum absolute atomic E-state index is 0.459. The molecular formula is C12H15NO2. The van der Waals surface area contributed by atoms with Crippen LogP contribution in [-0.2, 0) is 19.9 Å². The van der Waals surface area contributed by atoms with Crippen LogP contribution in [0.15, 0.2) is 18.3 Å². The molecule has 1 aliphatic rings. The molecule has 0 aromatic carbocycles. The summed E-state index contributed by atoms with van der Waals surface area (Å²) in [6.07, 6.45) is 10.0. The van der Waals surface area contributed by atoms with Gasteiger partial charge in [-0.2, -0.15) is 0 Å². The van der Waals surface area contributed by atoms with Crippen LogP contribution in [0.3, 0.4) is 0 Å². The predicted octanol–water partition coefficient (Wildman–Crippen LogP) is 2.16. The van der Waals surface area contributed by atoms with Gasteiger partial charge in [0.2, 0.25) is 0 Å². The van der Waals surface area contributed by atoms with Gasteiger partial charge >= 0.3 is 5.97 Å². The van der Waals surface area contributed by atoms with E-state index in [2.05, 4.69) is 12.2 Å². The number of rotatable bonds is 1. The Morgan fingerprint density at radius 2 is 2.00 bits per heavy atom. The van der Waals surface area contributed by atoms with E-state index >= 15 is 0 Å². The molecule has 0 aliphatic heterocycles. The molecule has 15 heavy (non-hydrogen) atoms. The first kappa shape index (κ1) is 10.0. The third kappa shape index (κ3) is 1.82. The molecule has 0 fully saturated rings. The maximum absolute atomic E-state index is 11.1. The van der Waals surface area contributed by atoms with E-state index in [4.69, 9.17) is 5.11 Å². The average molecular weight is 205 g/mol. The lowest BCUT2D eigenvalue weighted by atomic mass is 9.99. The highest BCUT2D eigenvalue weighted by Gasteiger charge is 2.18. The van der Waals surface area contributed by atoms with Gasteiger partial charge in [0, 0.05) is 13.2 Å². The van der Waals surface area contributed by atoms with E-state index in [0.717, 1.165) is 31.2 Å². The van der Waals surface area contributed by atoms with E-state index in [1.807, 2.05) is 13.2 Å². The van der Waals surface area contributed by atoms with Crippen LogP contribution < -0.4 is 0 Å². The molecule has 2 rings (SSSR count). The molecule has 0 amide bonds. The lowest BCUT2D eigenvalue weighted by molar-refractivity contribution is 0.0685. The van der Waals surface area contributed by atoms with Crippen molar-refractivity contribution in [3.8, 4) is 0 Å². The van der Waals surface area contributed by atoms with Gasteiger partial charge in [-0.1, -0.05) is 12.2 Å². The Labute approximate surface area is 89.0 Å². The third-order valence-corrected chi connectivity index (χ3v) is 2.89. The van der Waals surface area contributed by atoms with Gasteiger partial charge in [-0.3, -0.25) is 0 Å². The maximum Gasteiger partial charge on any atom is 0.352 e. The second-order valence-electron chi connectivity index (χ2n) is 3.95. The van der Waals surface area contributed by atoms with Gasteiger partial charge in [0.1, 0.15) is 5.69 Å². The highest BCUT2D eigenvalue weighted by molar-refractivity contribution is 5.88. The van der Waals surface area contributed by atoms with Crippen molar-refractivity contribution in [2.45, 2.75) is 25.7 Å². The van der Waals surface area contributed by atoms with Crippen LogP contribution in [0.2, 0.25) is 0 Å². The summed E-state index contributed by atoms with van der Waals surface area (Å²) < 4.78 is 1.73. The highest BCUT2D eigenvalue weighted by Crippen LogP contribution is 2.22. The van der Waals surface area contributed by atoms with E-state index in [0.29, 0.717) is 5.69 Å². The van der Waals surface area contributed by atoms with Crippen molar-refractivity contribution in [3.05, 3.63) is 35.2 Å². The number of hydrogen-bond acceptors (Lipinski definition) is 1. The molecule has 0 saturated heterocycles. The van der Waals surface area contributed by atoms with Crippen molar-refractivity contribution in [1.82, 2.24) is 4.57 Å². The molecule has 0 radical (unpaired) electrons. The van der Waals surface area contributed by atoms with Gasteiger partial charge in [0.05, 0.1) is 0 Å². The summed E-state index contributed by atoms with van der Waals surface area (Å²) in [6.45, 7) is 0. The van der Waals surface area contributed by atoms with Crippen LogP contribution in [0.5, 0.6) is 0 Å². The molecule has 3 nitrogen and oxygen atoms in total. The number of fused-ring (bicyclic) bond motifs is 1. The summed E-state index contributed by atoms with van der Waals surface area (Å²) in [5, 5.41) is 9.13. The number of allylic oxidation sites excluding steroid dienone is 2. The first-order chi connectivity index (χ1) is 7.20. The molecule has 0 unspecified atom stereocenters. The number of aromatic nitrogens is 1. The number of aryl methyl sites for hydroxylation is 2. The van der Waals surface area contributed by atoms with Crippen molar-refractivity contribution in [2.75, 3.05) is 0 Å². The van der Waals surface area contributed by atoms with Crippen LogP contribution in [-0.4, -0.2) is 15.6 Å². The summed E-state index contributed by atoms with van der Waals surface area (Å²) in [7, 11) is 1.81.